The molecule has 1 fully saturated rings. The quantitative estimate of drug-likeness (QED) is 0.332. The second kappa shape index (κ2) is 11.3. The van der Waals surface area contributed by atoms with E-state index in [1.165, 1.54) is 27.3 Å². The molecule has 4 rings (SSSR count). The average molecular weight is 626 g/mol. The molecule has 3 aliphatic rings. The van der Waals surface area contributed by atoms with E-state index in [9.17, 15) is 5.21 Å². The zero-order valence-electron chi connectivity index (χ0n) is 30.5. The van der Waals surface area contributed by atoms with Crippen LogP contribution in [0.15, 0.2) is 41.5 Å². The molecule has 2 unspecified atom stereocenters. The molecule has 0 amide bonds. The first-order chi connectivity index (χ1) is 19.7. The fraction of sp³-hybridized carbons (Fsp3) is 0.684. The molecule has 5 nitrogen and oxygen atoms in total. The number of allylic oxidation sites excluding steroid dienone is 2. The summed E-state index contributed by atoms with van der Waals surface area (Å²) in [5.74, 6) is 0.895. The Hall–Kier alpha value is -1.49. The standard InChI is InChI=1S/C38H60NO4P/c1-33(2,3)24-17-18-27-28-20-25(34(4,5)6)21-30(35(7,8)9)31(28)42-44(43-32(29(27)19-24)36(10,11)12)41-26-22-37(13,14)39(40)38(15,16)23-26/h17-21,26,31,40H,22-23H2,1-16H3/b28-27-,32-29?. The van der Waals surface area contributed by atoms with Crippen molar-refractivity contribution in [3.8, 4) is 0 Å². The molecule has 1 saturated heterocycles. The highest BCUT2D eigenvalue weighted by molar-refractivity contribution is 7.42. The number of benzene rings is 1. The van der Waals surface area contributed by atoms with Gasteiger partial charge in [-0.05, 0) is 90.3 Å². The Morgan fingerprint density at radius 2 is 1.34 bits per heavy atom. The first-order valence-corrected chi connectivity index (χ1v) is 17.5. The van der Waals surface area contributed by atoms with Crippen molar-refractivity contribution in [2.45, 2.75) is 152 Å². The van der Waals surface area contributed by atoms with Crippen LogP contribution in [0.1, 0.15) is 129 Å². The van der Waals surface area contributed by atoms with Gasteiger partial charge in [0.15, 0.2) is 0 Å². The van der Waals surface area contributed by atoms with E-state index < -0.39 is 19.7 Å². The van der Waals surface area contributed by atoms with E-state index in [4.69, 9.17) is 13.6 Å². The molecule has 2 aliphatic heterocycles. The van der Waals surface area contributed by atoms with E-state index in [1.54, 1.807) is 0 Å². The van der Waals surface area contributed by atoms with Crippen molar-refractivity contribution in [1.82, 2.24) is 5.06 Å². The van der Waals surface area contributed by atoms with Gasteiger partial charge in [0, 0.05) is 21.7 Å². The Morgan fingerprint density at radius 1 is 0.773 bits per heavy atom. The summed E-state index contributed by atoms with van der Waals surface area (Å²) >= 11 is 0. The first kappa shape index (κ1) is 35.4. The highest BCUT2D eigenvalue weighted by atomic mass is 31.2. The van der Waals surface area contributed by atoms with Crippen molar-refractivity contribution < 1.29 is 18.8 Å². The molecule has 0 saturated carbocycles. The number of hydroxylamine groups is 2. The van der Waals surface area contributed by atoms with Crippen LogP contribution in [0.4, 0.5) is 0 Å². The number of nitrogens with zero attached hydrogens (tertiary/aromatic N) is 1. The van der Waals surface area contributed by atoms with Gasteiger partial charge in [-0.15, -0.1) is 0 Å². The molecule has 0 bridgehead atoms. The SMILES string of the molecule is CC(C)(C)C1=C/C2=c3\ccc(C(C)(C)C)cc3=C(C(C)(C)C)OP(OC3CC(C)(C)N(O)C(C)(C)C3)OC2C(C(C)(C)C)=C1. The third kappa shape index (κ3) is 7.23. The maximum absolute atomic E-state index is 11.0. The van der Waals surface area contributed by atoms with Crippen molar-refractivity contribution in [1.29, 1.82) is 0 Å². The Morgan fingerprint density at radius 3 is 1.82 bits per heavy atom. The van der Waals surface area contributed by atoms with Crippen molar-refractivity contribution >= 4 is 19.9 Å². The van der Waals surface area contributed by atoms with Crippen LogP contribution in [0.2, 0.25) is 0 Å². The van der Waals surface area contributed by atoms with E-state index in [2.05, 4.69) is 141 Å². The van der Waals surface area contributed by atoms with Gasteiger partial charge in [0.2, 0.25) is 0 Å². The minimum absolute atomic E-state index is 0.0208. The molecule has 0 spiro atoms. The van der Waals surface area contributed by atoms with Gasteiger partial charge < -0.3 is 9.73 Å². The lowest BCUT2D eigenvalue weighted by atomic mass is 9.72. The summed E-state index contributed by atoms with van der Waals surface area (Å²) in [6.07, 6.45) is 5.62. The van der Waals surface area contributed by atoms with Gasteiger partial charge in [0.05, 0.1) is 6.10 Å². The van der Waals surface area contributed by atoms with Crippen molar-refractivity contribution in [2.75, 3.05) is 0 Å². The smallest absolute Gasteiger partial charge is 0.398 e. The predicted molar refractivity (Wildman–Crippen MR) is 185 cm³/mol. The third-order valence-electron chi connectivity index (χ3n) is 9.24. The van der Waals surface area contributed by atoms with E-state index in [1.807, 2.05) is 0 Å². The fourth-order valence-electron chi connectivity index (χ4n) is 6.71. The summed E-state index contributed by atoms with van der Waals surface area (Å²) in [5, 5.41) is 14.8. The first-order valence-electron chi connectivity index (χ1n) is 16.4. The highest BCUT2D eigenvalue weighted by Crippen LogP contribution is 2.55. The molecule has 2 atom stereocenters. The Bertz CT molecular complexity index is 1440. The molecule has 2 heterocycles. The zero-order valence-corrected chi connectivity index (χ0v) is 31.4. The molecule has 0 aromatic heterocycles. The lowest BCUT2D eigenvalue weighted by molar-refractivity contribution is -0.255. The molecule has 44 heavy (non-hydrogen) atoms. The normalized spacial score (nSPS) is 26.5. The molecular weight excluding hydrogens is 565 g/mol. The van der Waals surface area contributed by atoms with Crippen LogP contribution in [-0.2, 0) is 19.0 Å². The van der Waals surface area contributed by atoms with Crippen LogP contribution < -0.4 is 10.4 Å². The number of hydrogen-bond acceptors (Lipinski definition) is 5. The topological polar surface area (TPSA) is 51.2 Å². The van der Waals surface area contributed by atoms with Crippen LogP contribution in [0.25, 0.3) is 11.3 Å². The van der Waals surface area contributed by atoms with Gasteiger partial charge in [0.1, 0.15) is 11.9 Å². The molecule has 0 radical (unpaired) electrons. The maximum atomic E-state index is 11.0. The van der Waals surface area contributed by atoms with Crippen LogP contribution in [0.5, 0.6) is 0 Å². The number of piperidine rings is 1. The summed E-state index contributed by atoms with van der Waals surface area (Å²) in [7, 11) is -1.79. The third-order valence-corrected chi connectivity index (χ3v) is 10.4. The molecule has 1 aliphatic carbocycles. The maximum Gasteiger partial charge on any atom is 0.398 e. The average Bonchev–Trinajstić information content (AvgIpc) is 2.81. The van der Waals surface area contributed by atoms with Crippen molar-refractivity contribution in [3.05, 3.63) is 57.5 Å². The minimum atomic E-state index is -1.79. The van der Waals surface area contributed by atoms with Gasteiger partial charge >= 0.3 is 8.60 Å². The Labute approximate surface area is 269 Å². The van der Waals surface area contributed by atoms with Gasteiger partial charge in [-0.1, -0.05) is 107 Å². The van der Waals surface area contributed by atoms with Crippen LogP contribution >= 0.6 is 8.60 Å². The lowest BCUT2D eigenvalue weighted by Gasteiger charge is -2.51. The van der Waals surface area contributed by atoms with Crippen molar-refractivity contribution in [2.24, 2.45) is 16.2 Å². The van der Waals surface area contributed by atoms with E-state index in [-0.39, 0.29) is 33.9 Å². The van der Waals surface area contributed by atoms with E-state index >= 15 is 0 Å². The number of fused-ring (bicyclic) bond motifs is 2. The second-order valence-corrected chi connectivity index (χ2v) is 19.7. The second-order valence-electron chi connectivity index (χ2n) is 18.6. The van der Waals surface area contributed by atoms with Gasteiger partial charge in [-0.2, -0.15) is 5.06 Å². The lowest BCUT2D eigenvalue weighted by Crippen LogP contribution is -2.60. The van der Waals surface area contributed by atoms with Crippen LogP contribution in [-0.4, -0.2) is 33.6 Å². The Balaban J connectivity index is 2.03. The van der Waals surface area contributed by atoms with Crippen LogP contribution in [0, 0.1) is 16.2 Å². The van der Waals surface area contributed by atoms with Crippen LogP contribution in [0.3, 0.4) is 0 Å². The summed E-state index contributed by atoms with van der Waals surface area (Å²) in [6.45, 7) is 35.4. The van der Waals surface area contributed by atoms with Gasteiger partial charge in [-0.25, -0.2) is 0 Å². The zero-order chi connectivity index (χ0) is 33.4. The summed E-state index contributed by atoms with van der Waals surface area (Å²) in [6, 6.07) is 6.90. The molecule has 246 valence electrons. The fourth-order valence-corrected chi connectivity index (χ4v) is 8.16. The number of rotatable bonds is 2. The van der Waals surface area contributed by atoms with Gasteiger partial charge in [0.25, 0.3) is 0 Å². The molecule has 1 aromatic carbocycles. The molecule has 6 heteroatoms. The molecule has 1 aromatic rings. The molecular formula is C38H60NO4P. The van der Waals surface area contributed by atoms with Crippen molar-refractivity contribution in [3.63, 3.8) is 0 Å². The number of hydrogen-bond donors (Lipinski definition) is 1. The monoisotopic (exact) mass is 625 g/mol. The summed E-state index contributed by atoms with van der Waals surface area (Å²) in [5.41, 5.74) is 3.58. The summed E-state index contributed by atoms with van der Waals surface area (Å²) < 4.78 is 21.1. The highest BCUT2D eigenvalue weighted by Gasteiger charge is 2.48. The summed E-state index contributed by atoms with van der Waals surface area (Å²) in [4.78, 5) is 0. The largest absolute Gasteiger partial charge is 0.430 e. The minimum Gasteiger partial charge on any atom is -0.430 e. The predicted octanol–water partition coefficient (Wildman–Crippen LogP) is 9.32. The van der Waals surface area contributed by atoms with E-state index in [0.29, 0.717) is 12.8 Å². The Kier molecular flexibility index (Phi) is 9.11. The van der Waals surface area contributed by atoms with E-state index in [0.717, 1.165) is 16.2 Å². The van der Waals surface area contributed by atoms with Gasteiger partial charge in [-0.3, -0.25) is 9.05 Å². The molecule has 1 N–H and O–H groups in total.